The van der Waals surface area contributed by atoms with Gasteiger partial charge in [0.2, 0.25) is 0 Å². The molecule has 0 unspecified atom stereocenters. The molecule has 1 amide bonds. The van der Waals surface area contributed by atoms with Gasteiger partial charge in [0.15, 0.2) is 0 Å². The highest BCUT2D eigenvalue weighted by Crippen LogP contribution is 2.16. The van der Waals surface area contributed by atoms with Crippen LogP contribution in [0.25, 0.3) is 0 Å². The molecule has 3 heteroatoms. The Kier molecular flexibility index (Phi) is 5.31. The highest BCUT2D eigenvalue weighted by atomic mass is 16.1. The normalized spacial score (nSPS) is 16.1. The minimum Gasteiger partial charge on any atom is -0.346 e. The number of likely N-dealkylation sites (tertiary alicyclic amines) is 1. The maximum atomic E-state index is 12.4. The summed E-state index contributed by atoms with van der Waals surface area (Å²) in [4.78, 5) is 14.9. The number of hydrogen-bond donors (Lipinski definition) is 1. The van der Waals surface area contributed by atoms with Gasteiger partial charge in [0.25, 0.3) is 5.91 Å². The van der Waals surface area contributed by atoms with Crippen molar-refractivity contribution in [2.75, 3.05) is 13.1 Å². The molecule has 24 heavy (non-hydrogen) atoms. The Hall–Kier alpha value is -2.13. The lowest BCUT2D eigenvalue weighted by Crippen LogP contribution is -2.26. The van der Waals surface area contributed by atoms with Gasteiger partial charge in [0, 0.05) is 12.1 Å². The molecule has 1 fully saturated rings. The standard InChI is InChI=1S/C21H26N2O/c1-16-5-9-19(10-6-16)17(2)22-21(24)20-11-7-18(8-12-20)15-23-13-3-4-14-23/h5-12,17H,3-4,13-15H2,1-2H3,(H,22,24)/t17-/m1/s1. The third-order valence-corrected chi connectivity index (χ3v) is 4.75. The van der Waals surface area contributed by atoms with Gasteiger partial charge in [-0.1, -0.05) is 42.0 Å². The van der Waals surface area contributed by atoms with Crippen molar-refractivity contribution in [3.8, 4) is 0 Å². The van der Waals surface area contributed by atoms with Gasteiger partial charge in [-0.25, -0.2) is 0 Å². The van der Waals surface area contributed by atoms with Crippen molar-refractivity contribution in [2.24, 2.45) is 0 Å². The SMILES string of the molecule is Cc1ccc([C@@H](C)NC(=O)c2ccc(CN3CCCC3)cc2)cc1. The average molecular weight is 322 g/mol. The number of nitrogens with zero attached hydrogens (tertiary/aromatic N) is 1. The second-order valence-corrected chi connectivity index (χ2v) is 6.79. The Labute approximate surface area is 144 Å². The summed E-state index contributed by atoms with van der Waals surface area (Å²) < 4.78 is 0. The molecular formula is C21H26N2O. The van der Waals surface area contributed by atoms with Gasteiger partial charge in [-0.05, 0) is 63.0 Å². The average Bonchev–Trinajstić information content (AvgIpc) is 3.09. The zero-order valence-corrected chi connectivity index (χ0v) is 14.6. The van der Waals surface area contributed by atoms with E-state index in [0.717, 1.165) is 17.7 Å². The number of benzene rings is 2. The first kappa shape index (κ1) is 16.7. The molecule has 2 aromatic carbocycles. The molecule has 1 aliphatic rings. The fraction of sp³-hybridized carbons (Fsp3) is 0.381. The summed E-state index contributed by atoms with van der Waals surface area (Å²) in [5, 5.41) is 3.08. The molecule has 1 saturated heterocycles. The molecule has 1 N–H and O–H groups in total. The lowest BCUT2D eigenvalue weighted by Gasteiger charge is -2.16. The van der Waals surface area contributed by atoms with E-state index in [1.54, 1.807) is 0 Å². The van der Waals surface area contributed by atoms with Crippen LogP contribution in [0, 0.1) is 6.92 Å². The third kappa shape index (κ3) is 4.24. The topological polar surface area (TPSA) is 32.3 Å². The Morgan fingerprint density at radius 3 is 2.29 bits per heavy atom. The van der Waals surface area contributed by atoms with E-state index in [1.165, 1.54) is 37.1 Å². The van der Waals surface area contributed by atoms with Gasteiger partial charge in [-0.15, -0.1) is 0 Å². The second-order valence-electron chi connectivity index (χ2n) is 6.79. The molecular weight excluding hydrogens is 296 g/mol. The van der Waals surface area contributed by atoms with Gasteiger partial charge in [-0.2, -0.15) is 0 Å². The number of carbonyl (C=O) groups is 1. The molecule has 0 radical (unpaired) electrons. The van der Waals surface area contributed by atoms with Crippen LogP contribution in [0.3, 0.4) is 0 Å². The summed E-state index contributed by atoms with van der Waals surface area (Å²) in [6, 6.07) is 16.3. The smallest absolute Gasteiger partial charge is 0.251 e. The number of aryl methyl sites for hydroxylation is 1. The van der Waals surface area contributed by atoms with Crippen molar-refractivity contribution in [1.82, 2.24) is 10.2 Å². The van der Waals surface area contributed by atoms with E-state index >= 15 is 0 Å². The Bertz CT molecular complexity index is 670. The second kappa shape index (κ2) is 7.63. The molecule has 1 atom stereocenters. The zero-order chi connectivity index (χ0) is 16.9. The monoisotopic (exact) mass is 322 g/mol. The van der Waals surface area contributed by atoms with E-state index in [0.29, 0.717) is 0 Å². The van der Waals surface area contributed by atoms with Crippen LogP contribution in [0.2, 0.25) is 0 Å². The van der Waals surface area contributed by atoms with E-state index in [4.69, 9.17) is 0 Å². The highest BCUT2D eigenvalue weighted by molar-refractivity contribution is 5.94. The third-order valence-electron chi connectivity index (χ3n) is 4.75. The van der Waals surface area contributed by atoms with Crippen LogP contribution in [-0.4, -0.2) is 23.9 Å². The Morgan fingerprint density at radius 2 is 1.67 bits per heavy atom. The van der Waals surface area contributed by atoms with Crippen LogP contribution in [-0.2, 0) is 6.54 Å². The van der Waals surface area contributed by atoms with E-state index in [2.05, 4.69) is 53.5 Å². The van der Waals surface area contributed by atoms with Gasteiger partial charge in [0.05, 0.1) is 6.04 Å². The molecule has 0 spiro atoms. The van der Waals surface area contributed by atoms with Gasteiger partial charge in [-0.3, -0.25) is 9.69 Å². The number of amides is 1. The molecule has 1 aliphatic heterocycles. The number of carbonyl (C=O) groups excluding carboxylic acids is 1. The zero-order valence-electron chi connectivity index (χ0n) is 14.6. The quantitative estimate of drug-likeness (QED) is 0.899. The minimum atomic E-state index is -0.0178. The molecule has 3 rings (SSSR count). The van der Waals surface area contributed by atoms with Crippen molar-refractivity contribution in [3.05, 3.63) is 70.8 Å². The Balaban J connectivity index is 1.59. The van der Waals surface area contributed by atoms with Crippen LogP contribution in [0.15, 0.2) is 48.5 Å². The number of hydrogen-bond acceptors (Lipinski definition) is 2. The molecule has 0 aromatic heterocycles. The van der Waals surface area contributed by atoms with E-state index in [-0.39, 0.29) is 11.9 Å². The molecule has 2 aromatic rings. The van der Waals surface area contributed by atoms with Crippen molar-refractivity contribution in [3.63, 3.8) is 0 Å². The van der Waals surface area contributed by atoms with Gasteiger partial charge >= 0.3 is 0 Å². The maximum absolute atomic E-state index is 12.4. The molecule has 0 bridgehead atoms. The maximum Gasteiger partial charge on any atom is 0.251 e. The summed E-state index contributed by atoms with van der Waals surface area (Å²) in [5.74, 6) is -0.0178. The Morgan fingerprint density at radius 1 is 1.04 bits per heavy atom. The fourth-order valence-electron chi connectivity index (χ4n) is 3.18. The molecule has 0 aliphatic carbocycles. The molecule has 1 heterocycles. The summed E-state index contributed by atoms with van der Waals surface area (Å²) in [7, 11) is 0. The van der Waals surface area contributed by atoms with Gasteiger partial charge in [0.1, 0.15) is 0 Å². The molecule has 3 nitrogen and oxygen atoms in total. The largest absolute Gasteiger partial charge is 0.346 e. The first-order chi connectivity index (χ1) is 11.6. The summed E-state index contributed by atoms with van der Waals surface area (Å²) >= 11 is 0. The first-order valence-electron chi connectivity index (χ1n) is 8.80. The molecule has 0 saturated carbocycles. The van der Waals surface area contributed by atoms with Crippen LogP contribution < -0.4 is 5.32 Å². The number of rotatable bonds is 5. The van der Waals surface area contributed by atoms with Crippen LogP contribution in [0.1, 0.15) is 52.9 Å². The van der Waals surface area contributed by atoms with Crippen LogP contribution in [0.5, 0.6) is 0 Å². The van der Waals surface area contributed by atoms with Crippen LogP contribution >= 0.6 is 0 Å². The first-order valence-corrected chi connectivity index (χ1v) is 8.80. The van der Waals surface area contributed by atoms with Gasteiger partial charge < -0.3 is 5.32 Å². The predicted octanol–water partition coefficient (Wildman–Crippen LogP) is 4.08. The summed E-state index contributed by atoms with van der Waals surface area (Å²) in [6.45, 7) is 7.45. The van der Waals surface area contributed by atoms with E-state index in [9.17, 15) is 4.79 Å². The summed E-state index contributed by atoms with van der Waals surface area (Å²) in [5.41, 5.74) is 4.35. The van der Waals surface area contributed by atoms with Crippen molar-refractivity contribution in [2.45, 2.75) is 39.3 Å². The van der Waals surface area contributed by atoms with Crippen molar-refractivity contribution < 1.29 is 4.79 Å². The summed E-state index contributed by atoms with van der Waals surface area (Å²) in [6.07, 6.45) is 2.61. The van der Waals surface area contributed by atoms with E-state index in [1.807, 2.05) is 19.1 Å². The number of nitrogens with one attached hydrogen (secondary N) is 1. The minimum absolute atomic E-state index is 0.00220. The molecule has 126 valence electrons. The predicted molar refractivity (Wildman–Crippen MR) is 98.0 cm³/mol. The van der Waals surface area contributed by atoms with Crippen LogP contribution in [0.4, 0.5) is 0 Å². The van der Waals surface area contributed by atoms with Crippen molar-refractivity contribution in [1.29, 1.82) is 0 Å². The lowest BCUT2D eigenvalue weighted by molar-refractivity contribution is 0.0940. The van der Waals surface area contributed by atoms with Crippen molar-refractivity contribution >= 4 is 5.91 Å². The lowest BCUT2D eigenvalue weighted by atomic mass is 10.1. The van der Waals surface area contributed by atoms with E-state index < -0.39 is 0 Å². The highest BCUT2D eigenvalue weighted by Gasteiger charge is 2.13. The fourth-order valence-corrected chi connectivity index (χ4v) is 3.18.